The van der Waals surface area contributed by atoms with Gasteiger partial charge in [0.15, 0.2) is 23.1 Å². The molecule has 0 bridgehead atoms. The van der Waals surface area contributed by atoms with Crippen LogP contribution in [0.3, 0.4) is 0 Å². The van der Waals surface area contributed by atoms with E-state index >= 15 is 4.39 Å². The van der Waals surface area contributed by atoms with Gasteiger partial charge < -0.3 is 29.2 Å². The van der Waals surface area contributed by atoms with Crippen LogP contribution >= 0.6 is 0 Å². The maximum Gasteiger partial charge on any atom is 0.316 e. The zero-order valence-corrected chi connectivity index (χ0v) is 23.1. The zero-order valence-electron chi connectivity index (χ0n) is 23.1. The highest BCUT2D eigenvalue weighted by Crippen LogP contribution is 2.36. The van der Waals surface area contributed by atoms with Gasteiger partial charge in [-0.25, -0.2) is 29.0 Å². The van der Waals surface area contributed by atoms with E-state index in [0.717, 1.165) is 0 Å². The summed E-state index contributed by atoms with van der Waals surface area (Å²) < 4.78 is 38.8. The van der Waals surface area contributed by atoms with E-state index in [9.17, 15) is 4.79 Å². The van der Waals surface area contributed by atoms with Gasteiger partial charge in [-0.2, -0.15) is 0 Å². The van der Waals surface area contributed by atoms with Crippen LogP contribution in [0.5, 0.6) is 29.1 Å². The van der Waals surface area contributed by atoms with Crippen molar-refractivity contribution in [2.24, 2.45) is 0 Å². The lowest BCUT2D eigenvalue weighted by Gasteiger charge is -2.38. The molecule has 0 radical (unpaired) electrons. The van der Waals surface area contributed by atoms with Crippen molar-refractivity contribution in [2.45, 2.75) is 6.10 Å². The molecule has 14 heteroatoms. The van der Waals surface area contributed by atoms with Crippen LogP contribution < -0.4 is 24.3 Å². The number of methoxy groups -OCH3 is 2. The second kappa shape index (κ2) is 11.6. The fourth-order valence-corrected chi connectivity index (χ4v) is 4.37. The van der Waals surface area contributed by atoms with Gasteiger partial charge in [-0.1, -0.05) is 6.58 Å². The highest BCUT2D eigenvalue weighted by atomic mass is 19.1. The summed E-state index contributed by atoms with van der Waals surface area (Å²) in [7, 11) is 3.01. The fourth-order valence-electron chi connectivity index (χ4n) is 4.37. The predicted octanol–water partition coefficient (Wildman–Crippen LogP) is 4.07. The number of halogens is 1. The molecule has 0 aliphatic carbocycles. The number of carbonyl (C=O) groups is 1. The summed E-state index contributed by atoms with van der Waals surface area (Å²) in [5.41, 5.74) is 1.61. The maximum absolute atomic E-state index is 15.1. The standard InChI is InChI=1S/C29H25FN8O5/c1-4-27(39)37-14-19(15-37)42-25-10-20-22(11-24(25)40-2)33-16-34-28(20)35-17-5-6-23(21(30)9-17)43-26-7-8-38(36-26)18-12-31-29(41-3)32-13-18/h4-13,16,19H,1,14-15H2,2-3H3,(H,33,34,35). The second-order valence-corrected chi connectivity index (χ2v) is 9.33. The van der Waals surface area contributed by atoms with Crippen LogP contribution in [0.2, 0.25) is 0 Å². The number of aromatic nitrogens is 6. The molecule has 13 nitrogen and oxygen atoms in total. The molecule has 0 atom stereocenters. The van der Waals surface area contributed by atoms with Crippen molar-refractivity contribution in [3.63, 3.8) is 0 Å². The molecular weight excluding hydrogens is 559 g/mol. The first-order valence-corrected chi connectivity index (χ1v) is 13.0. The van der Waals surface area contributed by atoms with Crippen molar-refractivity contribution >= 4 is 28.3 Å². The van der Waals surface area contributed by atoms with Crippen LogP contribution in [-0.4, -0.2) is 73.9 Å². The Bertz CT molecular complexity index is 1810. The van der Waals surface area contributed by atoms with Gasteiger partial charge in [0.2, 0.25) is 11.8 Å². The topological polar surface area (TPSA) is 139 Å². The Labute approximate surface area is 244 Å². The summed E-state index contributed by atoms with van der Waals surface area (Å²) in [5, 5.41) is 8.06. The van der Waals surface area contributed by atoms with Crippen LogP contribution in [0.1, 0.15) is 0 Å². The summed E-state index contributed by atoms with van der Waals surface area (Å²) >= 11 is 0. The number of benzene rings is 2. The third kappa shape index (κ3) is 5.70. The Hall–Kier alpha value is -5.79. The van der Waals surface area contributed by atoms with Crippen molar-refractivity contribution in [2.75, 3.05) is 32.6 Å². The largest absolute Gasteiger partial charge is 0.493 e. The average molecular weight is 585 g/mol. The first-order chi connectivity index (χ1) is 20.9. The third-order valence-corrected chi connectivity index (χ3v) is 6.58. The molecule has 1 aliphatic rings. The van der Waals surface area contributed by atoms with Crippen LogP contribution in [0.4, 0.5) is 15.9 Å². The van der Waals surface area contributed by atoms with Gasteiger partial charge in [0.05, 0.1) is 45.2 Å². The molecule has 0 saturated carbocycles. The van der Waals surface area contributed by atoms with Crippen molar-refractivity contribution < 1.29 is 28.1 Å². The van der Waals surface area contributed by atoms with Gasteiger partial charge in [-0.3, -0.25) is 4.79 Å². The fraction of sp³-hybridized carbons (Fsp3) is 0.172. The first-order valence-electron chi connectivity index (χ1n) is 13.0. The molecule has 0 unspecified atom stereocenters. The molecule has 2 aromatic carbocycles. The lowest BCUT2D eigenvalue weighted by molar-refractivity contribution is -0.134. The molecule has 218 valence electrons. The summed E-state index contributed by atoms with van der Waals surface area (Å²) in [6.07, 6.45) is 7.19. The number of hydrogen-bond donors (Lipinski definition) is 1. The maximum atomic E-state index is 15.1. The molecule has 5 aromatic rings. The Balaban J connectivity index is 1.18. The number of amides is 1. The van der Waals surface area contributed by atoms with Gasteiger partial charge >= 0.3 is 6.01 Å². The number of ether oxygens (including phenoxy) is 4. The van der Waals surface area contributed by atoms with Gasteiger partial charge in [0.25, 0.3) is 0 Å². The van der Waals surface area contributed by atoms with Crippen LogP contribution in [0, 0.1) is 5.82 Å². The molecular formula is C29H25FN8O5. The van der Waals surface area contributed by atoms with Crippen LogP contribution in [0.15, 0.2) is 74.0 Å². The highest BCUT2D eigenvalue weighted by molar-refractivity contribution is 5.93. The van der Waals surface area contributed by atoms with E-state index in [1.54, 1.807) is 47.8 Å². The van der Waals surface area contributed by atoms with E-state index in [4.69, 9.17) is 18.9 Å². The highest BCUT2D eigenvalue weighted by Gasteiger charge is 2.31. The molecule has 0 spiro atoms. The molecule has 3 aromatic heterocycles. The van der Waals surface area contributed by atoms with Crippen LogP contribution in [0.25, 0.3) is 16.6 Å². The summed E-state index contributed by atoms with van der Waals surface area (Å²) in [4.78, 5) is 30.2. The molecule has 1 amide bonds. The monoisotopic (exact) mass is 584 g/mol. The minimum atomic E-state index is -0.611. The van der Waals surface area contributed by atoms with Gasteiger partial charge in [-0.05, 0) is 24.3 Å². The molecule has 1 N–H and O–H groups in total. The molecule has 1 aliphatic heterocycles. The number of nitrogens with zero attached hydrogens (tertiary/aromatic N) is 7. The van der Waals surface area contributed by atoms with E-state index in [2.05, 4.69) is 36.9 Å². The quantitative estimate of drug-likeness (QED) is 0.238. The van der Waals surface area contributed by atoms with Crippen molar-refractivity contribution in [1.29, 1.82) is 0 Å². The van der Waals surface area contributed by atoms with Gasteiger partial charge in [0.1, 0.15) is 23.9 Å². The van der Waals surface area contributed by atoms with Crippen molar-refractivity contribution in [3.8, 4) is 34.8 Å². The Morgan fingerprint density at radius 1 is 1.02 bits per heavy atom. The molecule has 1 saturated heterocycles. The van der Waals surface area contributed by atoms with Gasteiger partial charge in [0, 0.05) is 35.5 Å². The van der Waals surface area contributed by atoms with E-state index in [1.807, 2.05) is 0 Å². The third-order valence-electron chi connectivity index (χ3n) is 6.58. The smallest absolute Gasteiger partial charge is 0.316 e. The second-order valence-electron chi connectivity index (χ2n) is 9.33. The zero-order chi connectivity index (χ0) is 29.9. The SMILES string of the molecule is C=CC(=O)N1CC(Oc2cc3c(Nc4ccc(Oc5ccn(-c6cnc(OC)nc6)n5)c(F)c4)ncnc3cc2OC)C1. The number of carbonyl (C=O) groups excluding carboxylic acids is 1. The van der Waals surface area contributed by atoms with Crippen molar-refractivity contribution in [1.82, 2.24) is 34.6 Å². The molecule has 43 heavy (non-hydrogen) atoms. The van der Waals surface area contributed by atoms with E-state index < -0.39 is 5.82 Å². The minimum Gasteiger partial charge on any atom is -0.493 e. The lowest BCUT2D eigenvalue weighted by atomic mass is 10.1. The number of anilines is 2. The van der Waals surface area contributed by atoms with Gasteiger partial charge in [-0.15, -0.1) is 5.10 Å². The minimum absolute atomic E-state index is 0.0146. The van der Waals surface area contributed by atoms with E-state index in [0.29, 0.717) is 52.7 Å². The average Bonchev–Trinajstić information content (AvgIpc) is 3.48. The number of likely N-dealkylation sites (tertiary alicyclic amines) is 1. The normalized spacial score (nSPS) is 12.9. The van der Waals surface area contributed by atoms with Crippen molar-refractivity contribution in [3.05, 3.63) is 79.8 Å². The Morgan fingerprint density at radius 2 is 1.84 bits per heavy atom. The first kappa shape index (κ1) is 27.4. The van der Waals surface area contributed by atoms with E-state index in [1.165, 1.54) is 43.4 Å². The molecule has 6 rings (SSSR count). The predicted molar refractivity (Wildman–Crippen MR) is 153 cm³/mol. The number of fused-ring (bicyclic) bond motifs is 1. The van der Waals surface area contributed by atoms with Crippen LogP contribution in [-0.2, 0) is 4.79 Å². The summed E-state index contributed by atoms with van der Waals surface area (Å²) in [5.74, 6) is 0.802. The summed E-state index contributed by atoms with van der Waals surface area (Å²) in [6, 6.07) is 9.74. The Morgan fingerprint density at radius 3 is 2.56 bits per heavy atom. The lowest BCUT2D eigenvalue weighted by Crippen LogP contribution is -2.55. The number of nitrogens with one attached hydrogen (secondary N) is 1. The number of rotatable bonds is 10. The van der Waals surface area contributed by atoms with E-state index in [-0.39, 0.29) is 29.7 Å². The molecule has 1 fully saturated rings. The Kier molecular flexibility index (Phi) is 7.39. The summed E-state index contributed by atoms with van der Waals surface area (Å²) in [6.45, 7) is 4.38. The number of hydrogen-bond acceptors (Lipinski definition) is 11. The molecule has 4 heterocycles.